The molecule has 4 N–H and O–H groups in total. The fourth-order valence-electron chi connectivity index (χ4n) is 3.52. The molecule has 0 bridgehead atoms. The van der Waals surface area contributed by atoms with Gasteiger partial charge in [-0.25, -0.2) is 9.59 Å². The van der Waals surface area contributed by atoms with E-state index in [1.807, 2.05) is 53.7 Å². The highest BCUT2D eigenvalue weighted by molar-refractivity contribution is 5.86. The van der Waals surface area contributed by atoms with Crippen LogP contribution in [0.5, 0.6) is 0 Å². The van der Waals surface area contributed by atoms with E-state index in [0.717, 1.165) is 0 Å². The molecule has 0 heterocycles. The Morgan fingerprint density at radius 3 is 1.15 bits per heavy atom. The lowest BCUT2D eigenvalue weighted by atomic mass is 9.89. The lowest BCUT2D eigenvalue weighted by molar-refractivity contribution is -0.125. The molecule has 0 aliphatic rings. The summed E-state index contributed by atoms with van der Waals surface area (Å²) >= 11 is 0. The highest BCUT2D eigenvalue weighted by Gasteiger charge is 2.31. The van der Waals surface area contributed by atoms with E-state index < -0.39 is 35.5 Å². The van der Waals surface area contributed by atoms with Crippen LogP contribution in [0.3, 0.4) is 0 Å². The molecule has 0 saturated carbocycles. The predicted octanol–water partition coefficient (Wildman–Crippen LogP) is 4.93. The van der Waals surface area contributed by atoms with Crippen molar-refractivity contribution in [3.63, 3.8) is 0 Å². The van der Waals surface area contributed by atoms with Crippen LogP contribution in [0.2, 0.25) is 0 Å². The highest BCUT2D eigenvalue weighted by atomic mass is 16.6. The summed E-state index contributed by atoms with van der Waals surface area (Å²) in [6.07, 6.45) is 3.83. The van der Waals surface area contributed by atoms with Crippen molar-refractivity contribution >= 4 is 24.0 Å². The van der Waals surface area contributed by atoms with Crippen molar-refractivity contribution in [1.29, 1.82) is 0 Å². The maximum Gasteiger partial charge on any atom is 0.408 e. The zero-order valence-corrected chi connectivity index (χ0v) is 26.9. The molecule has 232 valence electrons. The van der Waals surface area contributed by atoms with Gasteiger partial charge in [-0.05, 0) is 78.1 Å². The molecule has 0 aromatic carbocycles. The maximum atomic E-state index is 12.8. The van der Waals surface area contributed by atoms with Crippen LogP contribution in [0.1, 0.15) is 95.9 Å². The first-order valence-corrected chi connectivity index (χ1v) is 14.4. The molecule has 0 saturated heterocycles. The van der Waals surface area contributed by atoms with Crippen LogP contribution >= 0.6 is 0 Å². The van der Waals surface area contributed by atoms with Gasteiger partial charge in [-0.2, -0.15) is 0 Å². The summed E-state index contributed by atoms with van der Waals surface area (Å²) in [5, 5.41) is 11.2. The number of amides is 4. The normalized spacial score (nSPS) is 15.2. The Morgan fingerprint density at radius 2 is 0.900 bits per heavy atom. The lowest BCUT2D eigenvalue weighted by Crippen LogP contribution is -2.52. The molecule has 10 heteroatoms. The first-order valence-electron chi connectivity index (χ1n) is 14.4. The summed E-state index contributed by atoms with van der Waals surface area (Å²) < 4.78 is 10.6. The van der Waals surface area contributed by atoms with Crippen molar-refractivity contribution in [1.82, 2.24) is 21.3 Å². The van der Waals surface area contributed by atoms with Gasteiger partial charge in [0, 0.05) is 13.1 Å². The van der Waals surface area contributed by atoms with Crippen LogP contribution in [0.25, 0.3) is 0 Å². The standard InChI is InChI=1S/C30H56N4O6/c1-19(2)21(5)23(33-27(37)39-29(7,8)9)25(35)31-17-15-13-14-16-18-32-26(36)24(22(6)20(3)4)34-28(38)40-30(10,11)12/h13-14,19-24H,15-18H2,1-12H3,(H,31,35)(H,32,36)(H,33,37)(H,34,38)/b14-13-/t21?,22?,23-,24-/m0/s1. The van der Waals surface area contributed by atoms with Crippen LogP contribution in [-0.4, -0.2) is 60.4 Å². The van der Waals surface area contributed by atoms with Gasteiger partial charge in [0.05, 0.1) is 0 Å². The fourth-order valence-corrected chi connectivity index (χ4v) is 3.52. The molecule has 0 aliphatic heterocycles. The maximum absolute atomic E-state index is 12.8. The molecule has 40 heavy (non-hydrogen) atoms. The molecule has 4 atom stereocenters. The van der Waals surface area contributed by atoms with Gasteiger partial charge in [-0.15, -0.1) is 0 Å². The number of alkyl carbamates (subject to hydrolysis) is 2. The van der Waals surface area contributed by atoms with Crippen LogP contribution in [0, 0.1) is 23.7 Å². The molecular formula is C30H56N4O6. The second-order valence-corrected chi connectivity index (χ2v) is 13.1. The smallest absolute Gasteiger partial charge is 0.408 e. The van der Waals surface area contributed by atoms with Gasteiger partial charge in [0.25, 0.3) is 0 Å². The van der Waals surface area contributed by atoms with E-state index in [2.05, 4.69) is 21.3 Å². The van der Waals surface area contributed by atoms with E-state index >= 15 is 0 Å². The minimum absolute atomic E-state index is 0.0845. The second kappa shape index (κ2) is 17.1. The molecular weight excluding hydrogens is 512 g/mol. The summed E-state index contributed by atoms with van der Waals surface area (Å²) in [5.74, 6) is -0.310. The molecule has 2 unspecified atom stereocenters. The average Bonchev–Trinajstić information content (AvgIpc) is 2.78. The number of nitrogens with one attached hydrogen (secondary N) is 4. The lowest BCUT2D eigenvalue weighted by Gasteiger charge is -2.28. The molecule has 0 rings (SSSR count). The average molecular weight is 569 g/mol. The number of carbonyl (C=O) groups excluding carboxylic acids is 4. The number of rotatable bonds is 14. The summed E-state index contributed by atoms with van der Waals surface area (Å²) in [7, 11) is 0. The molecule has 0 spiro atoms. The van der Waals surface area contributed by atoms with Crippen LogP contribution in [-0.2, 0) is 19.1 Å². The Hall–Kier alpha value is -2.78. The fraction of sp³-hybridized carbons (Fsp3) is 0.800. The Labute approximate surface area is 242 Å². The van der Waals surface area contributed by atoms with Crippen molar-refractivity contribution in [2.24, 2.45) is 23.7 Å². The number of ether oxygens (including phenoxy) is 2. The SMILES string of the molecule is CC(C)C(C)[C@H](NC(=O)OC(C)(C)C)C(=O)NCC/C=C\CCNC(=O)[C@@H](NC(=O)OC(C)(C)C)C(C)C(C)C. The van der Waals surface area contributed by atoms with Gasteiger partial charge in [0.1, 0.15) is 23.3 Å². The summed E-state index contributed by atoms with van der Waals surface area (Å²) in [4.78, 5) is 50.2. The Kier molecular flexibility index (Phi) is 15.9. The summed E-state index contributed by atoms with van der Waals surface area (Å²) in [6, 6.07) is -1.41. The molecule has 0 aromatic heterocycles. The molecule has 0 radical (unpaired) electrons. The Balaban J connectivity index is 4.74. The number of hydrogen-bond donors (Lipinski definition) is 4. The molecule has 4 amide bonds. The van der Waals surface area contributed by atoms with Gasteiger partial charge >= 0.3 is 12.2 Å². The third-order valence-electron chi connectivity index (χ3n) is 6.45. The van der Waals surface area contributed by atoms with Crippen LogP contribution in [0.15, 0.2) is 12.2 Å². The number of hydrogen-bond acceptors (Lipinski definition) is 6. The molecule has 0 aromatic rings. The zero-order chi connectivity index (χ0) is 31.3. The monoisotopic (exact) mass is 568 g/mol. The zero-order valence-electron chi connectivity index (χ0n) is 26.9. The van der Waals surface area contributed by atoms with Crippen LogP contribution in [0.4, 0.5) is 9.59 Å². The van der Waals surface area contributed by atoms with E-state index in [1.165, 1.54) is 0 Å². The van der Waals surface area contributed by atoms with Gasteiger partial charge in [-0.1, -0.05) is 53.7 Å². The largest absolute Gasteiger partial charge is 0.444 e. The predicted molar refractivity (Wildman–Crippen MR) is 159 cm³/mol. The quantitative estimate of drug-likeness (QED) is 0.173. The summed E-state index contributed by atoms with van der Waals surface area (Å²) in [5.41, 5.74) is -1.31. The first-order chi connectivity index (χ1) is 18.2. The molecule has 0 fully saturated rings. The highest BCUT2D eigenvalue weighted by Crippen LogP contribution is 2.17. The topological polar surface area (TPSA) is 135 Å². The van der Waals surface area contributed by atoms with E-state index in [1.54, 1.807) is 41.5 Å². The van der Waals surface area contributed by atoms with Crippen molar-refractivity contribution in [3.05, 3.63) is 12.2 Å². The summed E-state index contributed by atoms with van der Waals surface area (Å²) in [6.45, 7) is 23.3. The van der Waals surface area contributed by atoms with Crippen molar-refractivity contribution in [2.75, 3.05) is 13.1 Å². The van der Waals surface area contributed by atoms with Crippen molar-refractivity contribution < 1.29 is 28.7 Å². The Morgan fingerprint density at radius 1 is 0.600 bits per heavy atom. The third-order valence-corrected chi connectivity index (χ3v) is 6.45. The first kappa shape index (κ1) is 37.2. The second-order valence-electron chi connectivity index (χ2n) is 13.1. The minimum atomic E-state index is -0.704. The van der Waals surface area contributed by atoms with Gasteiger partial charge in [0.2, 0.25) is 11.8 Å². The van der Waals surface area contributed by atoms with Crippen LogP contribution < -0.4 is 21.3 Å². The van der Waals surface area contributed by atoms with E-state index in [4.69, 9.17) is 9.47 Å². The minimum Gasteiger partial charge on any atom is -0.444 e. The van der Waals surface area contributed by atoms with Crippen molar-refractivity contribution in [2.45, 2.75) is 119 Å². The Bertz CT molecular complexity index is 774. The van der Waals surface area contributed by atoms with Crippen molar-refractivity contribution in [3.8, 4) is 0 Å². The molecule has 0 aliphatic carbocycles. The van der Waals surface area contributed by atoms with Gasteiger partial charge in [-0.3, -0.25) is 9.59 Å². The number of carbonyl (C=O) groups is 4. The van der Waals surface area contributed by atoms with Gasteiger partial charge < -0.3 is 30.7 Å². The van der Waals surface area contributed by atoms with Gasteiger partial charge in [0.15, 0.2) is 0 Å². The molecule has 10 nitrogen and oxygen atoms in total. The third kappa shape index (κ3) is 16.4. The van der Waals surface area contributed by atoms with E-state index in [0.29, 0.717) is 25.9 Å². The van der Waals surface area contributed by atoms with E-state index in [-0.39, 0.29) is 35.5 Å². The van der Waals surface area contributed by atoms with E-state index in [9.17, 15) is 19.2 Å².